The molecule has 1 fully saturated rings. The van der Waals surface area contributed by atoms with Gasteiger partial charge in [-0.15, -0.1) is 0 Å². The van der Waals surface area contributed by atoms with Gasteiger partial charge in [-0.05, 0) is 65.0 Å². The minimum absolute atomic E-state index is 0.0546. The molecule has 0 bridgehead atoms. The fraction of sp³-hybridized carbons (Fsp3) is 0.533. The number of alkyl carbamates (subject to hydrolysis) is 1. The molecule has 3 aromatic rings. The van der Waals surface area contributed by atoms with Gasteiger partial charge in [-0.1, -0.05) is 24.3 Å². The summed E-state index contributed by atoms with van der Waals surface area (Å²) < 4.78 is 34.7. The molecule has 0 spiro atoms. The van der Waals surface area contributed by atoms with E-state index >= 15 is 0 Å². The third kappa shape index (κ3) is 6.32. The number of hydrogen-bond acceptors (Lipinski definition) is 8. The molecule has 13 heteroatoms. The van der Waals surface area contributed by atoms with Crippen LogP contribution in [0.25, 0.3) is 5.65 Å². The number of aryl methyl sites for hydroxylation is 2. The van der Waals surface area contributed by atoms with Crippen molar-refractivity contribution >= 4 is 33.5 Å². The summed E-state index contributed by atoms with van der Waals surface area (Å²) in [5.41, 5.74) is 1.89. The van der Waals surface area contributed by atoms with Gasteiger partial charge in [0.1, 0.15) is 17.0 Å². The minimum Gasteiger partial charge on any atom is -0.444 e. The highest BCUT2D eigenvalue weighted by atomic mass is 32.2. The fourth-order valence-corrected chi connectivity index (χ4v) is 7.00. The van der Waals surface area contributed by atoms with Crippen molar-refractivity contribution in [3.05, 3.63) is 58.9 Å². The van der Waals surface area contributed by atoms with E-state index in [1.54, 1.807) is 16.5 Å². The molecule has 1 aliphatic carbocycles. The lowest BCUT2D eigenvalue weighted by Gasteiger charge is -2.35. The summed E-state index contributed by atoms with van der Waals surface area (Å²) in [4.78, 5) is 35.0. The van der Waals surface area contributed by atoms with Crippen LogP contribution >= 0.6 is 0 Å². The second-order valence-electron chi connectivity index (χ2n) is 12.7. The number of fused-ring (bicyclic) bond motifs is 2. The Kier molecular flexibility index (Phi) is 7.93. The molecule has 2 N–H and O–H groups in total. The van der Waals surface area contributed by atoms with Crippen LogP contribution in [0.1, 0.15) is 69.0 Å². The molecular weight excluding hydrogens is 570 g/mol. The Labute approximate surface area is 252 Å². The molecule has 1 unspecified atom stereocenters. The smallest absolute Gasteiger partial charge is 0.407 e. The molecule has 3 atom stereocenters. The van der Waals surface area contributed by atoms with E-state index in [1.807, 2.05) is 71.1 Å². The van der Waals surface area contributed by atoms with Gasteiger partial charge in [0, 0.05) is 38.0 Å². The van der Waals surface area contributed by atoms with Crippen molar-refractivity contribution in [2.24, 2.45) is 0 Å². The molecule has 1 aromatic carbocycles. The van der Waals surface area contributed by atoms with Gasteiger partial charge in [-0.25, -0.2) is 22.7 Å². The van der Waals surface area contributed by atoms with Gasteiger partial charge < -0.3 is 19.9 Å². The van der Waals surface area contributed by atoms with Crippen molar-refractivity contribution in [2.75, 3.05) is 31.3 Å². The second kappa shape index (κ2) is 11.1. The van der Waals surface area contributed by atoms with Crippen molar-refractivity contribution in [3.63, 3.8) is 0 Å². The maximum Gasteiger partial charge on any atom is 0.407 e. The first-order valence-corrected chi connectivity index (χ1v) is 16.4. The van der Waals surface area contributed by atoms with Crippen LogP contribution in [0.3, 0.4) is 0 Å². The number of hydrogen-bond donors (Lipinski definition) is 2. The largest absolute Gasteiger partial charge is 0.444 e. The molecule has 1 aliphatic heterocycles. The number of anilines is 1. The van der Waals surface area contributed by atoms with Gasteiger partial charge in [0.05, 0.1) is 24.0 Å². The highest BCUT2D eigenvalue weighted by Gasteiger charge is 2.49. The number of likely N-dealkylation sites (N-methyl/N-ethyl adjacent to an activating group) is 1. The van der Waals surface area contributed by atoms with Crippen LogP contribution in [-0.4, -0.2) is 78.0 Å². The number of carbonyl (C=O) groups excluding carboxylic acids is 2. The quantitative estimate of drug-likeness (QED) is 0.416. The molecule has 0 saturated carbocycles. The van der Waals surface area contributed by atoms with Gasteiger partial charge in [0.2, 0.25) is 15.9 Å². The molecule has 1 saturated heterocycles. The van der Waals surface area contributed by atoms with Crippen LogP contribution in [0.4, 0.5) is 10.6 Å². The minimum atomic E-state index is -3.70. The number of carbonyl (C=O) groups is 2. The van der Waals surface area contributed by atoms with Crippen LogP contribution in [0.15, 0.2) is 36.5 Å². The monoisotopic (exact) mass is 611 g/mol. The lowest BCUT2D eigenvalue weighted by Crippen LogP contribution is -2.55. The summed E-state index contributed by atoms with van der Waals surface area (Å²) in [6.07, 6.45) is 4.26. The summed E-state index contributed by atoms with van der Waals surface area (Å²) in [6, 6.07) is 8.81. The summed E-state index contributed by atoms with van der Waals surface area (Å²) in [7, 11) is -2.02. The topological polar surface area (TPSA) is 138 Å². The summed E-state index contributed by atoms with van der Waals surface area (Å²) in [6.45, 7) is 10.7. The standard InChI is InChI=1S/C30H41N7O5S/c1-19-17-37-25(32-26(19)36-15-13-22(18-36)31-28(39)42-29(3,4)5)16-24(33-37)20(2)35(6)27(38)30(34-43(7,40)41)14-12-21-10-8-9-11-23(21)30/h8-11,16-17,20,22,34H,12-15,18H2,1-7H3,(H,31,39)/t20-,22-,30?/m0/s1. The number of rotatable bonds is 7. The summed E-state index contributed by atoms with van der Waals surface area (Å²) >= 11 is 0. The first-order chi connectivity index (χ1) is 20.1. The average molecular weight is 612 g/mol. The van der Waals surface area contributed by atoms with Gasteiger partial charge in [0.25, 0.3) is 0 Å². The first-order valence-electron chi connectivity index (χ1n) is 14.5. The Balaban J connectivity index is 1.36. The van der Waals surface area contributed by atoms with Crippen molar-refractivity contribution in [1.29, 1.82) is 0 Å². The average Bonchev–Trinajstić information content (AvgIpc) is 3.62. The fourth-order valence-electron chi connectivity index (χ4n) is 6.06. The van der Waals surface area contributed by atoms with Crippen LogP contribution in [0, 0.1) is 6.92 Å². The highest BCUT2D eigenvalue weighted by Crippen LogP contribution is 2.40. The van der Waals surface area contributed by atoms with Crippen molar-refractivity contribution in [3.8, 4) is 0 Å². The zero-order valence-corrected chi connectivity index (χ0v) is 26.7. The van der Waals surface area contributed by atoms with Gasteiger partial charge >= 0.3 is 6.09 Å². The molecule has 232 valence electrons. The predicted octanol–water partition coefficient (Wildman–Crippen LogP) is 3.05. The number of benzene rings is 1. The molecule has 0 radical (unpaired) electrons. The molecule has 5 rings (SSSR count). The summed E-state index contributed by atoms with van der Waals surface area (Å²) in [5, 5.41) is 7.68. The van der Waals surface area contributed by atoms with Crippen molar-refractivity contribution in [2.45, 2.75) is 77.1 Å². The molecule has 2 aliphatic rings. The number of aromatic nitrogens is 3. The Morgan fingerprint density at radius 3 is 2.65 bits per heavy atom. The van der Waals surface area contributed by atoms with Crippen molar-refractivity contribution < 1.29 is 22.7 Å². The van der Waals surface area contributed by atoms with Crippen LogP contribution < -0.4 is 14.9 Å². The van der Waals surface area contributed by atoms with E-state index in [9.17, 15) is 18.0 Å². The van der Waals surface area contributed by atoms with Crippen LogP contribution in [0.2, 0.25) is 0 Å². The molecule has 2 amide bonds. The number of nitrogens with one attached hydrogen (secondary N) is 2. The summed E-state index contributed by atoms with van der Waals surface area (Å²) in [5.74, 6) is 0.473. The van der Waals surface area contributed by atoms with E-state index in [1.165, 1.54) is 0 Å². The highest BCUT2D eigenvalue weighted by molar-refractivity contribution is 7.88. The number of sulfonamides is 1. The SMILES string of the molecule is Cc1cn2nc([C@H](C)N(C)C(=O)C3(NS(C)(=O)=O)CCc4ccccc43)cc2nc1N1CC[C@H](NC(=O)OC(C)(C)C)C1. The Morgan fingerprint density at radius 2 is 1.95 bits per heavy atom. The molecular formula is C30H41N7O5S. The molecule has 12 nitrogen and oxygen atoms in total. The van der Waals surface area contributed by atoms with Crippen LogP contribution in [-0.2, 0) is 31.5 Å². The van der Waals surface area contributed by atoms with Crippen LogP contribution in [0.5, 0.6) is 0 Å². The predicted molar refractivity (Wildman–Crippen MR) is 163 cm³/mol. The number of amides is 2. The maximum atomic E-state index is 14.1. The van der Waals surface area contributed by atoms with E-state index in [-0.39, 0.29) is 11.9 Å². The van der Waals surface area contributed by atoms with E-state index in [0.717, 1.165) is 36.2 Å². The van der Waals surface area contributed by atoms with E-state index in [0.29, 0.717) is 36.3 Å². The molecule has 2 aromatic heterocycles. The zero-order valence-electron chi connectivity index (χ0n) is 25.8. The number of ether oxygens (including phenoxy) is 1. The second-order valence-corrected chi connectivity index (χ2v) is 14.5. The first kappa shape index (κ1) is 30.7. The van der Waals surface area contributed by atoms with Gasteiger partial charge in [-0.3, -0.25) is 4.79 Å². The zero-order chi connectivity index (χ0) is 31.3. The van der Waals surface area contributed by atoms with E-state index in [4.69, 9.17) is 14.8 Å². The third-order valence-corrected chi connectivity index (χ3v) is 8.85. The molecule has 43 heavy (non-hydrogen) atoms. The Bertz CT molecular complexity index is 1660. The van der Waals surface area contributed by atoms with E-state index < -0.39 is 33.3 Å². The third-order valence-electron chi connectivity index (χ3n) is 8.13. The lowest BCUT2D eigenvalue weighted by atomic mass is 9.90. The van der Waals surface area contributed by atoms with E-state index in [2.05, 4.69) is 14.9 Å². The maximum absolute atomic E-state index is 14.1. The number of nitrogens with zero attached hydrogens (tertiary/aromatic N) is 5. The van der Waals surface area contributed by atoms with Crippen molar-refractivity contribution in [1.82, 2.24) is 29.5 Å². The van der Waals surface area contributed by atoms with Gasteiger partial charge in [-0.2, -0.15) is 9.82 Å². The van der Waals surface area contributed by atoms with Gasteiger partial charge in [0.15, 0.2) is 5.65 Å². The Hall–Kier alpha value is -3.71. The molecule has 3 heterocycles. The normalized spacial score (nSPS) is 21.1. The Morgan fingerprint density at radius 1 is 1.23 bits per heavy atom. The lowest BCUT2D eigenvalue weighted by molar-refractivity contribution is -0.138.